The number of β-amino-alcohol motifs (C(OH)–C–C–N with tert-alkyl or cyclic N) is 1. The molecular formula is C19H23FN4O. The highest BCUT2D eigenvalue weighted by molar-refractivity contribution is 5.95. The van der Waals surface area contributed by atoms with Crippen LogP contribution in [-0.2, 0) is 0 Å². The van der Waals surface area contributed by atoms with Gasteiger partial charge >= 0.3 is 0 Å². The van der Waals surface area contributed by atoms with E-state index in [-0.39, 0.29) is 11.9 Å². The number of aliphatic hydroxyl groups excluding tert-OH is 1. The van der Waals surface area contributed by atoms with Crippen molar-refractivity contribution in [1.29, 1.82) is 0 Å². The van der Waals surface area contributed by atoms with Gasteiger partial charge < -0.3 is 10.0 Å². The molecule has 0 spiro atoms. The average Bonchev–Trinajstić information content (AvgIpc) is 3.17. The molecule has 1 saturated heterocycles. The van der Waals surface area contributed by atoms with Crippen molar-refractivity contribution in [2.45, 2.75) is 38.5 Å². The Kier molecular flexibility index (Phi) is 4.09. The monoisotopic (exact) mass is 342 g/mol. The van der Waals surface area contributed by atoms with E-state index >= 15 is 0 Å². The third kappa shape index (κ3) is 2.96. The zero-order chi connectivity index (χ0) is 17.6. The van der Waals surface area contributed by atoms with Crippen LogP contribution in [0.4, 0.5) is 4.39 Å². The molecule has 1 aromatic carbocycles. The Bertz CT molecular complexity index is 758. The van der Waals surface area contributed by atoms with Crippen LogP contribution < -0.4 is 0 Å². The van der Waals surface area contributed by atoms with Crippen molar-refractivity contribution in [1.82, 2.24) is 14.9 Å². The Hall–Kier alpha value is -2.18. The first kappa shape index (κ1) is 16.3. The predicted octanol–water partition coefficient (Wildman–Crippen LogP) is 2.64. The normalized spacial score (nSPS) is 26.3. The predicted molar refractivity (Wildman–Crippen MR) is 94.8 cm³/mol. The molecule has 3 heterocycles. The first-order valence-corrected chi connectivity index (χ1v) is 8.76. The molecule has 0 radical (unpaired) electrons. The minimum atomic E-state index is -0.438. The third-order valence-corrected chi connectivity index (χ3v) is 4.97. The van der Waals surface area contributed by atoms with E-state index in [9.17, 15) is 9.50 Å². The third-order valence-electron chi connectivity index (χ3n) is 4.97. The highest BCUT2D eigenvalue weighted by Gasteiger charge is 2.35. The summed E-state index contributed by atoms with van der Waals surface area (Å²) in [6.45, 7) is 5.65. The topological polar surface area (TPSA) is 42.3 Å². The number of aliphatic hydroxyl groups is 1. The maximum Gasteiger partial charge on any atom is 0.146 e. The molecule has 1 aromatic rings. The van der Waals surface area contributed by atoms with Crippen LogP contribution in [0, 0.1) is 5.82 Å². The fourth-order valence-electron chi connectivity index (χ4n) is 3.76. The van der Waals surface area contributed by atoms with Gasteiger partial charge in [0.1, 0.15) is 17.5 Å². The van der Waals surface area contributed by atoms with E-state index in [1.807, 2.05) is 18.3 Å². The number of fused-ring (bicyclic) bond motifs is 1. The number of rotatable bonds is 2. The van der Waals surface area contributed by atoms with Gasteiger partial charge in [-0.15, -0.1) is 0 Å². The Balaban J connectivity index is 1.61. The van der Waals surface area contributed by atoms with E-state index in [2.05, 4.69) is 34.8 Å². The molecular weight excluding hydrogens is 319 g/mol. The second-order valence-corrected chi connectivity index (χ2v) is 7.02. The van der Waals surface area contributed by atoms with Crippen molar-refractivity contribution in [2.24, 2.45) is 4.99 Å². The summed E-state index contributed by atoms with van der Waals surface area (Å²) in [6, 6.07) is 6.94. The molecule has 5 nitrogen and oxygen atoms in total. The quantitative estimate of drug-likeness (QED) is 0.897. The molecule has 2 atom stereocenters. The van der Waals surface area contributed by atoms with Gasteiger partial charge in [-0.1, -0.05) is 12.1 Å². The lowest BCUT2D eigenvalue weighted by molar-refractivity contribution is 0.0531. The molecule has 0 unspecified atom stereocenters. The standard InChI is InChI=1S/C19H23FN4O/c1-13(2)23-8-7-19-21-18(6-9-24(19)23)22-12-16(25)11-17(22)14-4-3-5-15(20)10-14/h3-7,9-10,13,16-17,25H,8,11-12H2,1-2H3/t16-,17+/m0/s1. The molecule has 0 aliphatic carbocycles. The summed E-state index contributed by atoms with van der Waals surface area (Å²) in [4.78, 5) is 6.86. The van der Waals surface area contributed by atoms with Gasteiger partial charge in [0, 0.05) is 25.3 Å². The van der Waals surface area contributed by atoms with Crippen LogP contribution in [0.1, 0.15) is 31.9 Å². The molecule has 4 rings (SSSR count). The van der Waals surface area contributed by atoms with E-state index in [1.54, 1.807) is 12.1 Å². The van der Waals surface area contributed by atoms with E-state index < -0.39 is 6.10 Å². The Labute approximate surface area is 147 Å². The summed E-state index contributed by atoms with van der Waals surface area (Å²) >= 11 is 0. The summed E-state index contributed by atoms with van der Waals surface area (Å²) < 4.78 is 13.6. The van der Waals surface area contributed by atoms with Crippen molar-refractivity contribution >= 4 is 5.84 Å². The van der Waals surface area contributed by atoms with Crippen molar-refractivity contribution in [3.63, 3.8) is 0 Å². The van der Waals surface area contributed by atoms with Gasteiger partial charge in [0.25, 0.3) is 0 Å². The molecule has 3 aliphatic heterocycles. The Morgan fingerprint density at radius 3 is 2.92 bits per heavy atom. The summed E-state index contributed by atoms with van der Waals surface area (Å²) in [5, 5.41) is 14.5. The second kappa shape index (κ2) is 6.28. The zero-order valence-electron chi connectivity index (χ0n) is 14.5. The lowest BCUT2D eigenvalue weighted by Gasteiger charge is -2.35. The van der Waals surface area contributed by atoms with Crippen molar-refractivity contribution in [3.8, 4) is 0 Å². The smallest absolute Gasteiger partial charge is 0.146 e. The van der Waals surface area contributed by atoms with Crippen molar-refractivity contribution in [3.05, 3.63) is 59.8 Å². The summed E-state index contributed by atoms with van der Waals surface area (Å²) in [5.41, 5.74) is 0.874. The highest BCUT2D eigenvalue weighted by atomic mass is 19.1. The molecule has 1 fully saturated rings. The van der Waals surface area contributed by atoms with Gasteiger partial charge in [-0.05, 0) is 50.1 Å². The van der Waals surface area contributed by atoms with Gasteiger partial charge in [-0.25, -0.2) is 14.4 Å². The number of likely N-dealkylation sites (tertiary alicyclic amines) is 1. The molecule has 0 saturated carbocycles. The molecule has 0 aromatic heterocycles. The Morgan fingerprint density at radius 2 is 2.16 bits per heavy atom. The largest absolute Gasteiger partial charge is 0.391 e. The fourth-order valence-corrected chi connectivity index (χ4v) is 3.76. The van der Waals surface area contributed by atoms with Gasteiger partial charge in [-0.2, -0.15) is 0 Å². The van der Waals surface area contributed by atoms with E-state index in [0.717, 1.165) is 23.8 Å². The zero-order valence-corrected chi connectivity index (χ0v) is 14.5. The number of benzene rings is 1. The molecule has 25 heavy (non-hydrogen) atoms. The average molecular weight is 342 g/mol. The summed E-state index contributed by atoms with van der Waals surface area (Å²) in [7, 11) is 0. The van der Waals surface area contributed by atoms with Crippen LogP contribution >= 0.6 is 0 Å². The van der Waals surface area contributed by atoms with Crippen LogP contribution in [-0.4, -0.2) is 51.1 Å². The number of hydrogen-bond donors (Lipinski definition) is 1. The maximum absolute atomic E-state index is 13.6. The number of aliphatic imine (C=N–C) groups is 1. The van der Waals surface area contributed by atoms with Gasteiger partial charge in [-0.3, -0.25) is 5.01 Å². The molecule has 132 valence electrons. The maximum atomic E-state index is 13.6. The molecule has 0 amide bonds. The molecule has 3 aliphatic rings. The van der Waals surface area contributed by atoms with Gasteiger partial charge in [0.2, 0.25) is 0 Å². The number of hydrogen-bond acceptors (Lipinski definition) is 5. The fraction of sp³-hybridized carbons (Fsp3) is 0.421. The Morgan fingerprint density at radius 1 is 1.32 bits per heavy atom. The SMILES string of the molecule is CC(C)N1CC=C2N=C(N3C[C@@H](O)C[C@@H]3c3cccc(F)c3)C=CN21. The van der Waals surface area contributed by atoms with E-state index in [0.29, 0.717) is 19.0 Å². The van der Waals surface area contributed by atoms with Crippen LogP contribution in [0.5, 0.6) is 0 Å². The number of halogens is 1. The van der Waals surface area contributed by atoms with Crippen LogP contribution in [0.3, 0.4) is 0 Å². The lowest BCUT2D eigenvalue weighted by atomic mass is 10.0. The highest BCUT2D eigenvalue weighted by Crippen LogP contribution is 2.35. The summed E-state index contributed by atoms with van der Waals surface area (Å²) in [6.07, 6.45) is 6.24. The van der Waals surface area contributed by atoms with Crippen molar-refractivity contribution < 1.29 is 9.50 Å². The van der Waals surface area contributed by atoms with Gasteiger partial charge in [0.05, 0.1) is 12.1 Å². The molecule has 0 bridgehead atoms. The van der Waals surface area contributed by atoms with Crippen molar-refractivity contribution in [2.75, 3.05) is 13.1 Å². The lowest BCUT2D eigenvalue weighted by Crippen LogP contribution is -2.41. The minimum absolute atomic E-state index is 0.0659. The molecule has 1 N–H and O–H groups in total. The minimum Gasteiger partial charge on any atom is -0.391 e. The number of hydrazine groups is 1. The van der Waals surface area contributed by atoms with Crippen LogP contribution in [0.15, 0.2) is 53.4 Å². The number of amidine groups is 1. The van der Waals surface area contributed by atoms with Gasteiger partial charge in [0.15, 0.2) is 0 Å². The van der Waals surface area contributed by atoms with Crippen LogP contribution in [0.25, 0.3) is 0 Å². The van der Waals surface area contributed by atoms with E-state index in [1.165, 1.54) is 6.07 Å². The van der Waals surface area contributed by atoms with E-state index in [4.69, 9.17) is 4.99 Å². The first-order valence-electron chi connectivity index (χ1n) is 8.76. The van der Waals surface area contributed by atoms with Crippen LogP contribution in [0.2, 0.25) is 0 Å². The number of nitrogens with zero attached hydrogens (tertiary/aromatic N) is 4. The first-order chi connectivity index (χ1) is 12.0. The second-order valence-electron chi connectivity index (χ2n) is 7.02. The summed E-state index contributed by atoms with van der Waals surface area (Å²) in [5.74, 6) is 1.47. The molecule has 6 heteroatoms.